The third kappa shape index (κ3) is 5.24. The minimum absolute atomic E-state index is 0.711. The summed E-state index contributed by atoms with van der Waals surface area (Å²) in [7, 11) is 3.45. The number of hydrogen-bond donors (Lipinski definition) is 0. The molecule has 2 rings (SSSR count). The fourth-order valence-electron chi connectivity index (χ4n) is 2.07. The van der Waals surface area contributed by atoms with E-state index in [1.807, 2.05) is 23.6 Å². The van der Waals surface area contributed by atoms with Crippen LogP contribution in [0.15, 0.2) is 28.1 Å². The van der Waals surface area contributed by atoms with Crippen molar-refractivity contribution in [3.63, 3.8) is 0 Å². The molecule has 0 amide bonds. The Morgan fingerprint density at radius 1 is 1.24 bits per heavy atom. The normalized spacial score (nSPS) is 11.4. The topological polar surface area (TPSA) is 47.7 Å². The Balaban J connectivity index is 1.92. The first kappa shape index (κ1) is 16.2. The molecule has 5 nitrogen and oxygen atoms in total. The van der Waals surface area contributed by atoms with Crippen molar-refractivity contribution < 1.29 is 14.0 Å². The minimum atomic E-state index is 0.711. The van der Waals surface area contributed by atoms with Gasteiger partial charge in [0.05, 0.1) is 17.2 Å². The van der Waals surface area contributed by atoms with Crippen LogP contribution < -0.4 is 0 Å². The van der Waals surface area contributed by atoms with E-state index in [1.165, 1.54) is 0 Å². The van der Waals surface area contributed by atoms with Crippen LogP contribution in [-0.2, 0) is 16.0 Å². The van der Waals surface area contributed by atoms with Crippen molar-refractivity contribution >= 4 is 11.3 Å². The molecule has 0 N–H and O–H groups in total. The van der Waals surface area contributed by atoms with Gasteiger partial charge >= 0.3 is 0 Å². The third-order valence-electron chi connectivity index (χ3n) is 3.14. The molecule has 2 aromatic heterocycles. The van der Waals surface area contributed by atoms with Gasteiger partial charge in [0.25, 0.3) is 0 Å². The van der Waals surface area contributed by atoms with Crippen LogP contribution in [0.4, 0.5) is 0 Å². The highest BCUT2D eigenvalue weighted by Gasteiger charge is 2.11. The molecular weight excluding hydrogens is 288 g/mol. The van der Waals surface area contributed by atoms with Crippen LogP contribution in [0.25, 0.3) is 10.6 Å². The lowest BCUT2D eigenvalue weighted by atomic mass is 10.3. The van der Waals surface area contributed by atoms with E-state index in [0.717, 1.165) is 49.0 Å². The molecule has 0 unspecified atom stereocenters. The van der Waals surface area contributed by atoms with Gasteiger partial charge in [-0.3, -0.25) is 4.90 Å². The molecule has 0 atom stereocenters. The van der Waals surface area contributed by atoms with Crippen LogP contribution in [0, 0.1) is 0 Å². The van der Waals surface area contributed by atoms with E-state index in [0.29, 0.717) is 6.61 Å². The zero-order valence-corrected chi connectivity index (χ0v) is 13.4. The maximum atomic E-state index is 5.42. The predicted molar refractivity (Wildman–Crippen MR) is 83.5 cm³/mol. The van der Waals surface area contributed by atoms with Gasteiger partial charge in [0.1, 0.15) is 0 Å². The first-order valence-electron chi connectivity index (χ1n) is 7.03. The lowest BCUT2D eigenvalue weighted by Gasteiger charge is -2.20. The Morgan fingerprint density at radius 3 is 2.81 bits per heavy atom. The number of methoxy groups -OCH3 is 2. The number of thiophene rings is 1. The zero-order chi connectivity index (χ0) is 14.9. The fraction of sp³-hybridized carbons (Fsp3) is 0.533. The molecule has 0 fully saturated rings. The molecule has 0 aromatic carbocycles. The largest absolute Gasteiger partial charge is 0.385 e. The van der Waals surface area contributed by atoms with Crippen molar-refractivity contribution in [2.24, 2.45) is 0 Å². The molecule has 0 aliphatic carbocycles. The van der Waals surface area contributed by atoms with Crippen LogP contribution in [0.3, 0.4) is 0 Å². The summed E-state index contributed by atoms with van der Waals surface area (Å²) in [6.07, 6.45) is 0.996. The van der Waals surface area contributed by atoms with E-state index in [1.54, 1.807) is 25.6 Å². The van der Waals surface area contributed by atoms with Crippen LogP contribution in [0.2, 0.25) is 0 Å². The smallest absolute Gasteiger partial charge is 0.177 e. The van der Waals surface area contributed by atoms with E-state index in [2.05, 4.69) is 10.1 Å². The fourth-order valence-corrected chi connectivity index (χ4v) is 2.75. The Kier molecular flexibility index (Phi) is 6.88. The van der Waals surface area contributed by atoms with E-state index >= 15 is 0 Å². The van der Waals surface area contributed by atoms with E-state index in [9.17, 15) is 0 Å². The van der Waals surface area contributed by atoms with E-state index in [-0.39, 0.29) is 0 Å². The minimum Gasteiger partial charge on any atom is -0.385 e. The second-order valence-corrected chi connectivity index (χ2v) is 5.72. The SMILES string of the molecule is COCCCN(CCOC)Cc1cc(-c2cccs2)on1. The standard InChI is InChI=1S/C15H22N2O3S/c1-18-8-4-6-17(7-9-19-2)12-13-11-14(20-16-13)15-5-3-10-21-15/h3,5,10-11H,4,6-9,12H2,1-2H3. The van der Waals surface area contributed by atoms with Gasteiger partial charge in [0.15, 0.2) is 5.76 Å². The highest BCUT2D eigenvalue weighted by atomic mass is 32.1. The Labute approximate surface area is 129 Å². The second kappa shape index (κ2) is 8.94. The maximum Gasteiger partial charge on any atom is 0.177 e. The van der Waals surface area contributed by atoms with Crippen LogP contribution in [0.5, 0.6) is 0 Å². The zero-order valence-electron chi connectivity index (χ0n) is 12.6. The van der Waals surface area contributed by atoms with Gasteiger partial charge in [0.2, 0.25) is 0 Å². The summed E-state index contributed by atoms with van der Waals surface area (Å²) in [5.41, 5.74) is 0.951. The molecule has 116 valence electrons. The summed E-state index contributed by atoms with van der Waals surface area (Å²) in [6.45, 7) is 4.08. The lowest BCUT2D eigenvalue weighted by Crippen LogP contribution is -2.28. The molecule has 0 saturated carbocycles. The predicted octanol–water partition coefficient (Wildman–Crippen LogP) is 2.89. The lowest BCUT2D eigenvalue weighted by molar-refractivity contribution is 0.128. The van der Waals surface area contributed by atoms with Crippen molar-refractivity contribution in [2.45, 2.75) is 13.0 Å². The van der Waals surface area contributed by atoms with Crippen LogP contribution in [0.1, 0.15) is 12.1 Å². The van der Waals surface area contributed by atoms with Crippen LogP contribution >= 0.6 is 11.3 Å². The maximum absolute atomic E-state index is 5.42. The first-order valence-corrected chi connectivity index (χ1v) is 7.91. The van der Waals surface area contributed by atoms with Gasteiger partial charge in [-0.1, -0.05) is 11.2 Å². The first-order chi connectivity index (χ1) is 10.3. The number of ether oxygens (including phenoxy) is 2. The third-order valence-corrected chi connectivity index (χ3v) is 4.03. The highest BCUT2D eigenvalue weighted by molar-refractivity contribution is 7.13. The second-order valence-electron chi connectivity index (χ2n) is 4.78. The number of nitrogens with zero attached hydrogens (tertiary/aromatic N) is 2. The monoisotopic (exact) mass is 310 g/mol. The Morgan fingerprint density at radius 2 is 2.10 bits per heavy atom. The molecule has 0 aliphatic rings. The van der Waals surface area contributed by atoms with Gasteiger partial charge in [-0.15, -0.1) is 11.3 Å². The summed E-state index contributed by atoms with van der Waals surface area (Å²) in [6, 6.07) is 6.07. The molecule has 6 heteroatoms. The van der Waals surface area contributed by atoms with Gasteiger partial charge in [-0.05, 0) is 17.9 Å². The van der Waals surface area contributed by atoms with Crippen molar-refractivity contribution in [1.82, 2.24) is 10.1 Å². The molecule has 2 heterocycles. The average molecular weight is 310 g/mol. The Bertz CT molecular complexity index is 499. The average Bonchev–Trinajstić information content (AvgIpc) is 3.15. The molecule has 0 radical (unpaired) electrons. The molecule has 2 aromatic rings. The number of rotatable bonds is 10. The summed E-state index contributed by atoms with van der Waals surface area (Å²) in [4.78, 5) is 3.41. The summed E-state index contributed by atoms with van der Waals surface area (Å²) in [5.74, 6) is 0.837. The highest BCUT2D eigenvalue weighted by Crippen LogP contribution is 2.25. The molecule has 0 bridgehead atoms. The van der Waals surface area contributed by atoms with E-state index < -0.39 is 0 Å². The summed E-state index contributed by atoms with van der Waals surface area (Å²) < 4.78 is 15.7. The molecule has 0 aliphatic heterocycles. The van der Waals surface area contributed by atoms with E-state index in [4.69, 9.17) is 14.0 Å². The van der Waals surface area contributed by atoms with Crippen molar-refractivity contribution in [3.8, 4) is 10.6 Å². The van der Waals surface area contributed by atoms with Crippen molar-refractivity contribution in [1.29, 1.82) is 0 Å². The van der Waals surface area contributed by atoms with Gasteiger partial charge < -0.3 is 14.0 Å². The van der Waals surface area contributed by atoms with Gasteiger partial charge in [-0.25, -0.2) is 0 Å². The van der Waals surface area contributed by atoms with Crippen molar-refractivity contribution in [2.75, 3.05) is 40.5 Å². The summed E-state index contributed by atoms with van der Waals surface area (Å²) >= 11 is 1.66. The van der Waals surface area contributed by atoms with Crippen LogP contribution in [-0.4, -0.2) is 50.6 Å². The van der Waals surface area contributed by atoms with Crippen molar-refractivity contribution in [3.05, 3.63) is 29.3 Å². The molecule has 0 saturated heterocycles. The Hall–Kier alpha value is -1.21. The summed E-state index contributed by atoms with van der Waals surface area (Å²) in [5, 5.41) is 6.20. The molecule has 21 heavy (non-hydrogen) atoms. The number of aromatic nitrogens is 1. The molecular formula is C15H22N2O3S. The quantitative estimate of drug-likeness (QED) is 0.632. The van der Waals surface area contributed by atoms with Gasteiger partial charge in [0, 0.05) is 46.5 Å². The molecule has 0 spiro atoms. The number of hydrogen-bond acceptors (Lipinski definition) is 6. The van der Waals surface area contributed by atoms with Gasteiger partial charge in [-0.2, -0.15) is 0 Å².